The van der Waals surface area contributed by atoms with Gasteiger partial charge in [0.2, 0.25) is 0 Å². The summed E-state index contributed by atoms with van der Waals surface area (Å²) in [5, 5.41) is 0. The molecule has 0 saturated carbocycles. The van der Waals surface area contributed by atoms with Gasteiger partial charge in [-0.3, -0.25) is 0 Å². The molecule has 0 spiro atoms. The molecule has 0 aliphatic carbocycles. The van der Waals surface area contributed by atoms with Crippen LogP contribution >= 0.6 is 0 Å². The fourth-order valence-electron chi connectivity index (χ4n) is 1.46. The van der Waals surface area contributed by atoms with Crippen LogP contribution < -0.4 is 0 Å². The predicted octanol–water partition coefficient (Wildman–Crippen LogP) is 0.845. The van der Waals surface area contributed by atoms with Crippen LogP contribution in [0.5, 0.6) is 0 Å². The van der Waals surface area contributed by atoms with Crippen molar-refractivity contribution in [2.75, 3.05) is 0 Å². The first kappa shape index (κ1) is 6.59. The number of aryl methyl sites for hydroxylation is 1. The van der Waals surface area contributed by atoms with Gasteiger partial charge in [-0.2, -0.15) is 0 Å². The maximum absolute atomic E-state index is 4.27. The van der Waals surface area contributed by atoms with E-state index in [1.165, 1.54) is 0 Å². The minimum Gasteiger partial charge on any atom is -0.343 e. The van der Waals surface area contributed by atoms with E-state index in [2.05, 4.69) is 19.9 Å². The second-order valence-corrected chi connectivity index (χ2v) is 2.95. The number of imidazole rings is 2. The highest BCUT2D eigenvalue weighted by Gasteiger charge is 2.06. The topological polar surface area (TPSA) is 59.4 Å². The molecule has 3 rings (SSSR count). The lowest BCUT2D eigenvalue weighted by atomic mass is 10.4. The third-order valence-electron chi connectivity index (χ3n) is 2.11. The molecule has 0 fully saturated rings. The van der Waals surface area contributed by atoms with Crippen LogP contribution in [0.4, 0.5) is 0 Å². The Hall–Kier alpha value is -1.91. The third-order valence-corrected chi connectivity index (χ3v) is 2.11. The Morgan fingerprint density at radius 1 is 1.23 bits per heavy atom. The Labute approximate surface area is 73.4 Å². The molecule has 13 heavy (non-hydrogen) atoms. The molecule has 5 nitrogen and oxygen atoms in total. The van der Waals surface area contributed by atoms with Gasteiger partial charge in [-0.15, -0.1) is 0 Å². The molecule has 0 aliphatic rings. The summed E-state index contributed by atoms with van der Waals surface area (Å²) in [5.41, 5.74) is 3.51. The van der Waals surface area contributed by atoms with Gasteiger partial charge >= 0.3 is 0 Å². The summed E-state index contributed by atoms with van der Waals surface area (Å²) in [6.07, 6.45) is 5.17. The molecule has 3 aromatic rings. The minimum atomic E-state index is 0.848. The number of nitrogens with zero attached hydrogens (tertiary/aromatic N) is 4. The van der Waals surface area contributed by atoms with Crippen molar-refractivity contribution < 1.29 is 0 Å². The summed E-state index contributed by atoms with van der Waals surface area (Å²) in [7, 11) is 1.92. The van der Waals surface area contributed by atoms with Gasteiger partial charge in [0.1, 0.15) is 11.0 Å². The van der Waals surface area contributed by atoms with Gasteiger partial charge < -0.3 is 9.55 Å². The van der Waals surface area contributed by atoms with Crippen LogP contribution in [0.3, 0.4) is 0 Å². The molecule has 0 aliphatic heterocycles. The summed E-state index contributed by atoms with van der Waals surface area (Å²) in [6, 6.07) is 0. The van der Waals surface area contributed by atoms with Crippen LogP contribution in [0.25, 0.3) is 22.2 Å². The lowest BCUT2D eigenvalue weighted by Crippen LogP contribution is -1.87. The maximum atomic E-state index is 4.27. The van der Waals surface area contributed by atoms with Gasteiger partial charge in [-0.1, -0.05) is 0 Å². The second kappa shape index (κ2) is 2.07. The number of hydrogen-bond acceptors (Lipinski definition) is 3. The first-order valence-electron chi connectivity index (χ1n) is 3.95. The van der Waals surface area contributed by atoms with E-state index in [1.807, 2.05) is 11.6 Å². The van der Waals surface area contributed by atoms with E-state index in [1.54, 1.807) is 18.9 Å². The molecule has 0 unspecified atom stereocenters. The van der Waals surface area contributed by atoms with E-state index >= 15 is 0 Å². The van der Waals surface area contributed by atoms with Crippen molar-refractivity contribution in [2.45, 2.75) is 0 Å². The molecule has 3 heterocycles. The maximum Gasteiger partial charge on any atom is 0.161 e. The molecule has 0 aromatic carbocycles. The lowest BCUT2D eigenvalue weighted by Gasteiger charge is -1.92. The SMILES string of the molecule is Cn1cnc2c3nc[nH]c3cnc21. The van der Waals surface area contributed by atoms with Crippen molar-refractivity contribution in [1.29, 1.82) is 0 Å². The Morgan fingerprint density at radius 3 is 3.08 bits per heavy atom. The van der Waals surface area contributed by atoms with Crippen molar-refractivity contribution in [3.63, 3.8) is 0 Å². The fourth-order valence-corrected chi connectivity index (χ4v) is 1.46. The zero-order valence-electron chi connectivity index (χ0n) is 7.02. The van der Waals surface area contributed by atoms with Crippen LogP contribution in [0, 0.1) is 0 Å². The number of pyridine rings is 1. The van der Waals surface area contributed by atoms with Crippen molar-refractivity contribution in [3.05, 3.63) is 18.9 Å². The van der Waals surface area contributed by atoms with Crippen molar-refractivity contribution in [2.24, 2.45) is 7.05 Å². The first-order valence-corrected chi connectivity index (χ1v) is 3.95. The molecular formula is C8H7N5. The summed E-state index contributed by atoms with van der Waals surface area (Å²) < 4.78 is 1.88. The van der Waals surface area contributed by atoms with Crippen molar-refractivity contribution in [1.82, 2.24) is 24.5 Å². The average Bonchev–Trinajstić information content (AvgIpc) is 2.70. The van der Waals surface area contributed by atoms with E-state index in [-0.39, 0.29) is 0 Å². The van der Waals surface area contributed by atoms with Gasteiger partial charge in [0.25, 0.3) is 0 Å². The summed E-state index contributed by atoms with van der Waals surface area (Å²) in [4.78, 5) is 15.7. The number of H-pyrrole nitrogens is 1. The van der Waals surface area contributed by atoms with Gasteiger partial charge in [0.15, 0.2) is 5.65 Å². The fraction of sp³-hybridized carbons (Fsp3) is 0.125. The quantitative estimate of drug-likeness (QED) is 0.548. The summed E-state index contributed by atoms with van der Waals surface area (Å²) in [6.45, 7) is 0. The number of aromatic amines is 1. The smallest absolute Gasteiger partial charge is 0.161 e. The van der Waals surface area contributed by atoms with Crippen LogP contribution in [0.1, 0.15) is 0 Å². The zero-order chi connectivity index (χ0) is 8.84. The van der Waals surface area contributed by atoms with E-state index in [0.717, 1.165) is 22.2 Å². The number of nitrogens with one attached hydrogen (secondary N) is 1. The largest absolute Gasteiger partial charge is 0.343 e. The number of hydrogen-bond donors (Lipinski definition) is 1. The second-order valence-electron chi connectivity index (χ2n) is 2.95. The first-order chi connectivity index (χ1) is 6.36. The van der Waals surface area contributed by atoms with E-state index in [9.17, 15) is 0 Å². The standard InChI is InChI=1S/C8H7N5/c1-13-4-12-7-6-5(10-3-11-6)2-9-8(7)13/h2-4H,1H3,(H,10,11). The molecule has 64 valence electrons. The molecule has 0 amide bonds. The van der Waals surface area contributed by atoms with Crippen LogP contribution in [0.2, 0.25) is 0 Å². The molecule has 0 bridgehead atoms. The average molecular weight is 173 g/mol. The van der Waals surface area contributed by atoms with Crippen LogP contribution in [-0.2, 0) is 7.05 Å². The van der Waals surface area contributed by atoms with Crippen LogP contribution in [0.15, 0.2) is 18.9 Å². The highest BCUT2D eigenvalue weighted by Crippen LogP contribution is 2.17. The van der Waals surface area contributed by atoms with Gasteiger partial charge in [0, 0.05) is 7.05 Å². The molecule has 0 saturated heterocycles. The van der Waals surface area contributed by atoms with Crippen LogP contribution in [-0.4, -0.2) is 24.5 Å². The number of rotatable bonds is 0. The molecule has 1 N–H and O–H groups in total. The Balaban J connectivity index is 2.66. The Kier molecular flexibility index (Phi) is 1.05. The lowest BCUT2D eigenvalue weighted by molar-refractivity contribution is 0.931. The third kappa shape index (κ3) is 0.729. The van der Waals surface area contributed by atoms with Gasteiger partial charge in [0.05, 0.1) is 24.4 Å². The molecule has 0 radical (unpaired) electrons. The van der Waals surface area contributed by atoms with Gasteiger partial charge in [-0.05, 0) is 0 Å². The normalized spacial score (nSPS) is 11.5. The molecule has 3 aromatic heterocycles. The van der Waals surface area contributed by atoms with E-state index in [4.69, 9.17) is 0 Å². The Morgan fingerprint density at radius 2 is 2.15 bits per heavy atom. The highest BCUT2D eigenvalue weighted by atomic mass is 15.1. The number of aromatic nitrogens is 5. The molecule has 0 atom stereocenters. The minimum absolute atomic E-state index is 0.848. The number of fused-ring (bicyclic) bond motifs is 3. The highest BCUT2D eigenvalue weighted by molar-refractivity contribution is 5.97. The molecule has 5 heteroatoms. The van der Waals surface area contributed by atoms with E-state index < -0.39 is 0 Å². The van der Waals surface area contributed by atoms with Gasteiger partial charge in [-0.25, -0.2) is 15.0 Å². The monoisotopic (exact) mass is 173 g/mol. The van der Waals surface area contributed by atoms with E-state index in [0.29, 0.717) is 0 Å². The summed E-state index contributed by atoms with van der Waals surface area (Å²) in [5.74, 6) is 0. The molecular weight excluding hydrogens is 166 g/mol. The summed E-state index contributed by atoms with van der Waals surface area (Å²) >= 11 is 0. The van der Waals surface area contributed by atoms with Crippen molar-refractivity contribution in [3.8, 4) is 0 Å². The zero-order valence-corrected chi connectivity index (χ0v) is 7.02. The Bertz CT molecular complexity index is 576. The van der Waals surface area contributed by atoms with Crippen molar-refractivity contribution >= 4 is 22.2 Å². The predicted molar refractivity (Wildman–Crippen MR) is 48.2 cm³/mol.